The molecule has 4 aliphatic rings. The smallest absolute Gasteiger partial charge is 0.302 e. The largest absolute Gasteiger partial charge is 0.462 e. The van der Waals surface area contributed by atoms with Crippen LogP contribution >= 0.6 is 0 Å². The lowest BCUT2D eigenvalue weighted by atomic mass is 9.43. The molecule has 37 heavy (non-hydrogen) atoms. The molecule has 0 spiro atoms. The summed E-state index contributed by atoms with van der Waals surface area (Å²) in [5.41, 5.74) is 1.30. The Bertz CT molecular complexity index is 1050. The van der Waals surface area contributed by atoms with Crippen LogP contribution in [-0.2, 0) is 14.3 Å². The Kier molecular flexibility index (Phi) is 7.03. The number of Topliss-reactive ketones (excluding diaryl/α,β-unsaturated/α-hetero) is 1. The Morgan fingerprint density at radius 2 is 1.70 bits per heavy atom. The van der Waals surface area contributed by atoms with E-state index in [9.17, 15) is 19.8 Å². The first kappa shape index (κ1) is 28.3. The van der Waals surface area contributed by atoms with Gasteiger partial charge in [-0.25, -0.2) is 0 Å². The van der Waals surface area contributed by atoms with E-state index in [1.165, 1.54) is 6.92 Å². The highest BCUT2D eigenvalue weighted by atomic mass is 16.5. The minimum absolute atomic E-state index is 0.00116. The third kappa shape index (κ3) is 4.29. The number of allylic oxidation sites excluding steroid dienone is 4. The quantitative estimate of drug-likeness (QED) is 0.276. The monoisotopic (exact) mass is 512 g/mol. The Morgan fingerprint density at radius 1 is 1.05 bits per heavy atom. The number of ketones is 1. The van der Waals surface area contributed by atoms with Crippen molar-refractivity contribution in [2.75, 3.05) is 0 Å². The highest BCUT2D eigenvalue weighted by Crippen LogP contribution is 2.69. The topological polar surface area (TPSA) is 83.8 Å². The molecule has 2 N–H and O–H groups in total. The fourth-order valence-electron chi connectivity index (χ4n) is 9.40. The standard InChI is InChI=1S/C32H48O5/c1-18(2)21-16-26(35)32(9,36)22(21)11-10-19(3)28-23(34)17-25-30(7)15-13-27(37-20(4)33)29(5,6)24(30)12-14-31(25,28)8/h10-11,21-22,24-27,35-36H,1,12-17H2,2-9H3/b11-10+,28-19+/t21-,22-,24-,25-,26-,27-,30-,31-,32-/m0/s1. The molecule has 0 aromatic heterocycles. The van der Waals surface area contributed by atoms with Crippen LogP contribution in [0.3, 0.4) is 0 Å². The molecule has 0 aromatic rings. The molecule has 5 heteroatoms. The molecule has 0 radical (unpaired) electrons. The third-order valence-electron chi connectivity index (χ3n) is 11.4. The van der Waals surface area contributed by atoms with Crippen molar-refractivity contribution in [1.82, 2.24) is 0 Å². The first-order valence-corrected chi connectivity index (χ1v) is 14.1. The fraction of sp³-hybridized carbons (Fsp3) is 0.750. The van der Waals surface area contributed by atoms with Crippen molar-refractivity contribution >= 4 is 11.8 Å². The normalized spacial score (nSPS) is 46.5. The number of aliphatic hydroxyl groups is 2. The molecule has 4 aliphatic carbocycles. The van der Waals surface area contributed by atoms with Crippen molar-refractivity contribution in [3.8, 4) is 0 Å². The summed E-state index contributed by atoms with van der Waals surface area (Å²) in [5, 5.41) is 21.5. The Morgan fingerprint density at radius 3 is 2.30 bits per heavy atom. The number of fused-ring (bicyclic) bond motifs is 3. The van der Waals surface area contributed by atoms with Gasteiger partial charge in [0.25, 0.3) is 0 Å². The van der Waals surface area contributed by atoms with Gasteiger partial charge in [0.2, 0.25) is 0 Å². The van der Waals surface area contributed by atoms with Crippen molar-refractivity contribution in [2.24, 2.45) is 39.9 Å². The molecule has 0 saturated heterocycles. The lowest BCUT2D eigenvalue weighted by Gasteiger charge is -2.62. The summed E-state index contributed by atoms with van der Waals surface area (Å²) in [4.78, 5) is 25.5. The Labute approximate surface area is 223 Å². The molecule has 4 rings (SSSR count). The zero-order valence-corrected chi connectivity index (χ0v) is 24.2. The zero-order chi connectivity index (χ0) is 27.7. The van der Waals surface area contributed by atoms with Crippen LogP contribution in [0.25, 0.3) is 0 Å². The first-order chi connectivity index (χ1) is 17.0. The minimum Gasteiger partial charge on any atom is -0.462 e. The van der Waals surface area contributed by atoms with Gasteiger partial charge in [0.15, 0.2) is 5.78 Å². The van der Waals surface area contributed by atoms with E-state index in [2.05, 4.69) is 34.3 Å². The summed E-state index contributed by atoms with van der Waals surface area (Å²) < 4.78 is 5.78. The number of carbonyl (C=O) groups is 2. The number of hydrogen-bond donors (Lipinski definition) is 2. The molecule has 4 fully saturated rings. The van der Waals surface area contributed by atoms with Crippen molar-refractivity contribution < 1.29 is 24.5 Å². The zero-order valence-electron chi connectivity index (χ0n) is 24.2. The van der Waals surface area contributed by atoms with Crippen molar-refractivity contribution in [3.63, 3.8) is 0 Å². The second-order valence-corrected chi connectivity index (χ2v) is 14.0. The molecule has 4 saturated carbocycles. The number of ether oxygens (including phenoxy) is 1. The predicted molar refractivity (Wildman–Crippen MR) is 146 cm³/mol. The molecule has 9 atom stereocenters. The minimum atomic E-state index is -1.23. The summed E-state index contributed by atoms with van der Waals surface area (Å²) in [6.07, 6.45) is 7.93. The molecule has 0 aliphatic heterocycles. The van der Waals surface area contributed by atoms with Gasteiger partial charge in [-0.2, -0.15) is 0 Å². The van der Waals surface area contributed by atoms with Gasteiger partial charge in [-0.15, -0.1) is 0 Å². The number of esters is 1. The van der Waals surface area contributed by atoms with Crippen LogP contribution in [0.1, 0.15) is 93.9 Å². The predicted octanol–water partition coefficient (Wildman–Crippen LogP) is 5.95. The van der Waals surface area contributed by atoms with Crippen LogP contribution in [0.2, 0.25) is 0 Å². The summed E-state index contributed by atoms with van der Waals surface area (Å²) in [6, 6.07) is 0. The summed E-state index contributed by atoms with van der Waals surface area (Å²) in [5.74, 6) is 0.416. The van der Waals surface area contributed by atoms with Crippen LogP contribution < -0.4 is 0 Å². The van der Waals surface area contributed by atoms with Crippen LogP contribution in [0, 0.1) is 39.9 Å². The van der Waals surface area contributed by atoms with Gasteiger partial charge >= 0.3 is 5.97 Å². The third-order valence-corrected chi connectivity index (χ3v) is 11.4. The molecule has 5 nitrogen and oxygen atoms in total. The van der Waals surface area contributed by atoms with Gasteiger partial charge in [-0.1, -0.05) is 52.0 Å². The fourth-order valence-corrected chi connectivity index (χ4v) is 9.40. The number of hydrogen-bond acceptors (Lipinski definition) is 5. The molecule has 0 unspecified atom stereocenters. The summed E-state index contributed by atoms with van der Waals surface area (Å²) in [6.45, 7) is 20.4. The van der Waals surface area contributed by atoms with Crippen LogP contribution in [0.4, 0.5) is 0 Å². The maximum absolute atomic E-state index is 13.7. The number of aliphatic hydroxyl groups excluding tert-OH is 1. The molecule has 0 bridgehead atoms. The van der Waals surface area contributed by atoms with Crippen LogP contribution in [0.5, 0.6) is 0 Å². The SMILES string of the molecule is C=C(C)[C@@H]1C[C@H](O)[C@@](C)(O)[C@H]1/C=C/C(C)=C1\C(=O)C[C@H]2[C@@]3(C)CC[C@H](OC(C)=O)C(C)(C)[C@@H]3CC[C@]12C. The van der Waals surface area contributed by atoms with Gasteiger partial charge in [0.1, 0.15) is 6.10 Å². The molecule has 206 valence electrons. The maximum Gasteiger partial charge on any atom is 0.302 e. The van der Waals surface area contributed by atoms with E-state index in [0.717, 1.165) is 42.4 Å². The lowest BCUT2D eigenvalue weighted by molar-refractivity contribution is -0.185. The lowest BCUT2D eigenvalue weighted by Crippen LogP contribution is -2.58. The van der Waals surface area contributed by atoms with Crippen LogP contribution in [-0.4, -0.2) is 39.8 Å². The Balaban J connectivity index is 1.67. The molecule has 0 heterocycles. The van der Waals surface area contributed by atoms with Crippen molar-refractivity contribution in [1.29, 1.82) is 0 Å². The first-order valence-electron chi connectivity index (χ1n) is 14.1. The van der Waals surface area contributed by atoms with Gasteiger partial charge in [-0.05, 0) is 81.6 Å². The van der Waals surface area contributed by atoms with E-state index in [1.54, 1.807) is 6.92 Å². The molecule has 0 amide bonds. The van der Waals surface area contributed by atoms with Gasteiger partial charge in [0, 0.05) is 35.7 Å². The average molecular weight is 513 g/mol. The van der Waals surface area contributed by atoms with Crippen molar-refractivity contribution in [2.45, 2.75) is 112 Å². The van der Waals surface area contributed by atoms with Gasteiger partial charge < -0.3 is 14.9 Å². The van der Waals surface area contributed by atoms with E-state index >= 15 is 0 Å². The molecular formula is C32H48O5. The van der Waals surface area contributed by atoms with Gasteiger partial charge in [-0.3, -0.25) is 9.59 Å². The number of carbonyl (C=O) groups excluding carboxylic acids is 2. The van der Waals surface area contributed by atoms with E-state index in [4.69, 9.17) is 4.74 Å². The Hall–Kier alpha value is -1.72. The summed E-state index contributed by atoms with van der Waals surface area (Å²) >= 11 is 0. The van der Waals surface area contributed by atoms with Crippen molar-refractivity contribution in [3.05, 3.63) is 35.5 Å². The molecular weight excluding hydrogens is 464 g/mol. The summed E-state index contributed by atoms with van der Waals surface area (Å²) in [7, 11) is 0. The average Bonchev–Trinajstić information content (AvgIpc) is 3.18. The van der Waals surface area contributed by atoms with E-state index in [1.807, 2.05) is 26.0 Å². The van der Waals surface area contributed by atoms with E-state index in [-0.39, 0.29) is 51.9 Å². The maximum atomic E-state index is 13.7. The van der Waals surface area contributed by atoms with Gasteiger partial charge in [0.05, 0.1) is 11.7 Å². The highest BCUT2D eigenvalue weighted by Gasteiger charge is 2.65. The van der Waals surface area contributed by atoms with Crippen LogP contribution in [0.15, 0.2) is 35.5 Å². The number of rotatable bonds is 4. The second kappa shape index (κ2) is 9.19. The van der Waals surface area contributed by atoms with E-state index in [0.29, 0.717) is 18.8 Å². The second-order valence-electron chi connectivity index (χ2n) is 14.0. The van der Waals surface area contributed by atoms with E-state index < -0.39 is 11.7 Å². The highest BCUT2D eigenvalue weighted by molar-refractivity contribution is 6.00. The molecule has 0 aromatic carbocycles.